The van der Waals surface area contributed by atoms with Crippen molar-refractivity contribution in [3.05, 3.63) is 12.4 Å². The van der Waals surface area contributed by atoms with E-state index in [1.54, 1.807) is 27.2 Å². The van der Waals surface area contributed by atoms with E-state index in [0.29, 0.717) is 5.69 Å². The Balaban J connectivity index is 2.47. The molecule has 0 aliphatic carbocycles. The van der Waals surface area contributed by atoms with Crippen LogP contribution in [0, 0.1) is 0 Å². The van der Waals surface area contributed by atoms with E-state index in [-0.39, 0.29) is 18.4 Å². The van der Waals surface area contributed by atoms with E-state index in [1.807, 2.05) is 0 Å². The number of carbonyl (C=O) groups excluding carboxylic acids is 2. The molecular weight excluding hydrogens is 222 g/mol. The molecule has 0 radical (unpaired) electrons. The van der Waals surface area contributed by atoms with Crippen molar-refractivity contribution in [2.75, 3.05) is 19.8 Å². The molecule has 17 heavy (non-hydrogen) atoms. The van der Waals surface area contributed by atoms with Crippen molar-refractivity contribution >= 4 is 17.5 Å². The minimum atomic E-state index is -0.551. The number of hydrogen-bond donors (Lipinski definition) is 2. The Kier molecular flexibility index (Phi) is 4.08. The Bertz CT molecular complexity index is 413. The number of likely N-dealkylation sites (N-methyl/N-ethyl adjacent to an activating group) is 1. The molecule has 0 saturated heterocycles. The molecule has 1 heterocycles. The van der Waals surface area contributed by atoms with Crippen molar-refractivity contribution in [1.29, 1.82) is 0 Å². The molecule has 2 amide bonds. The average molecular weight is 239 g/mol. The van der Waals surface area contributed by atoms with Gasteiger partial charge in [-0.15, -0.1) is 0 Å². The van der Waals surface area contributed by atoms with Gasteiger partial charge in [-0.3, -0.25) is 14.3 Å². The minimum Gasteiger partial charge on any atom is -0.396 e. The monoisotopic (exact) mass is 239 g/mol. The fraction of sp³-hybridized carbons (Fsp3) is 0.500. The first-order valence-electron chi connectivity index (χ1n) is 5.18. The number of rotatable bonds is 4. The highest BCUT2D eigenvalue weighted by Crippen LogP contribution is 1.97. The Morgan fingerprint density at radius 3 is 2.71 bits per heavy atom. The minimum absolute atomic E-state index is 0.0439. The Morgan fingerprint density at radius 2 is 2.24 bits per heavy atom. The molecule has 7 heteroatoms. The first-order valence-corrected chi connectivity index (χ1v) is 5.18. The van der Waals surface area contributed by atoms with Gasteiger partial charge in [0.1, 0.15) is 12.6 Å². The van der Waals surface area contributed by atoms with E-state index in [4.69, 9.17) is 5.73 Å². The van der Waals surface area contributed by atoms with E-state index in [9.17, 15) is 9.59 Å². The van der Waals surface area contributed by atoms with Crippen LogP contribution in [-0.2, 0) is 16.1 Å². The molecule has 0 fully saturated rings. The van der Waals surface area contributed by atoms with Gasteiger partial charge in [0.2, 0.25) is 11.8 Å². The van der Waals surface area contributed by atoms with Crippen molar-refractivity contribution in [2.45, 2.75) is 19.5 Å². The quantitative estimate of drug-likeness (QED) is 0.709. The maximum Gasteiger partial charge on any atom is 0.244 e. The second-order valence-electron chi connectivity index (χ2n) is 3.99. The molecule has 1 aromatic heterocycles. The lowest BCUT2D eigenvalue weighted by Gasteiger charge is -2.17. The van der Waals surface area contributed by atoms with Crippen molar-refractivity contribution in [1.82, 2.24) is 20.0 Å². The number of nitrogens with zero attached hydrogens (tertiary/aromatic N) is 3. The summed E-state index contributed by atoms with van der Waals surface area (Å²) < 4.78 is 1.41. The number of hydrogen-bond acceptors (Lipinski definition) is 4. The number of nitrogens with two attached hydrogens (primary N) is 1. The van der Waals surface area contributed by atoms with E-state index < -0.39 is 6.04 Å². The number of aromatic nitrogens is 2. The molecule has 7 nitrogen and oxygen atoms in total. The van der Waals surface area contributed by atoms with Crippen molar-refractivity contribution in [3.63, 3.8) is 0 Å². The lowest BCUT2D eigenvalue weighted by atomic mass is 10.3. The number of anilines is 1. The van der Waals surface area contributed by atoms with Gasteiger partial charge in [-0.25, -0.2) is 0 Å². The molecule has 3 N–H and O–H groups in total. The third-order valence-electron chi connectivity index (χ3n) is 2.15. The third kappa shape index (κ3) is 3.78. The summed E-state index contributed by atoms with van der Waals surface area (Å²) in [7, 11) is 3.28. The summed E-state index contributed by atoms with van der Waals surface area (Å²) >= 11 is 0. The molecule has 0 spiro atoms. The van der Waals surface area contributed by atoms with E-state index in [0.717, 1.165) is 0 Å². The summed E-state index contributed by atoms with van der Waals surface area (Å²) in [5.74, 6) is -0.436. The zero-order valence-electron chi connectivity index (χ0n) is 10.2. The highest BCUT2D eigenvalue weighted by atomic mass is 16.2. The number of nitrogens with one attached hydrogen (secondary N) is 1. The third-order valence-corrected chi connectivity index (χ3v) is 2.15. The Morgan fingerprint density at radius 1 is 1.59 bits per heavy atom. The number of amides is 2. The molecule has 1 rings (SSSR count). The fourth-order valence-electron chi connectivity index (χ4n) is 1.35. The maximum atomic E-state index is 11.6. The Labute approximate surface area is 99.6 Å². The highest BCUT2D eigenvalue weighted by Gasteiger charge is 2.17. The van der Waals surface area contributed by atoms with Crippen LogP contribution in [0.15, 0.2) is 12.4 Å². The fourth-order valence-corrected chi connectivity index (χ4v) is 1.35. The molecule has 1 unspecified atom stereocenters. The molecule has 0 saturated carbocycles. The highest BCUT2D eigenvalue weighted by molar-refractivity contribution is 5.86. The summed E-state index contributed by atoms with van der Waals surface area (Å²) in [5.41, 5.74) is 5.96. The van der Waals surface area contributed by atoms with Gasteiger partial charge in [0.25, 0.3) is 0 Å². The lowest BCUT2D eigenvalue weighted by Crippen LogP contribution is -2.45. The standard InChI is InChI=1S/C10H17N5O2/c1-7(10(17)14(2)3)13-9(16)6-15-5-8(11)4-12-15/h4-5,7H,6,11H2,1-3H3,(H,13,16). The zero-order valence-corrected chi connectivity index (χ0v) is 10.2. The van der Waals surface area contributed by atoms with Crippen LogP contribution >= 0.6 is 0 Å². The van der Waals surface area contributed by atoms with Crippen LogP contribution in [-0.4, -0.2) is 46.6 Å². The van der Waals surface area contributed by atoms with Crippen molar-refractivity contribution in [3.8, 4) is 0 Å². The van der Waals surface area contributed by atoms with Crippen LogP contribution in [0.5, 0.6) is 0 Å². The number of nitrogen functional groups attached to an aromatic ring is 1. The second kappa shape index (κ2) is 5.33. The predicted octanol–water partition coefficient (Wildman–Crippen LogP) is -0.942. The summed E-state index contributed by atoms with van der Waals surface area (Å²) in [6, 6.07) is -0.551. The first-order chi connectivity index (χ1) is 7.90. The molecule has 0 aliphatic rings. The van der Waals surface area contributed by atoms with Crippen LogP contribution < -0.4 is 11.1 Å². The molecular formula is C10H17N5O2. The van der Waals surface area contributed by atoms with Crippen LogP contribution in [0.4, 0.5) is 5.69 Å². The van der Waals surface area contributed by atoms with Crippen LogP contribution in [0.1, 0.15) is 6.92 Å². The summed E-state index contributed by atoms with van der Waals surface area (Å²) in [5, 5.41) is 6.47. The van der Waals surface area contributed by atoms with E-state index >= 15 is 0 Å². The topological polar surface area (TPSA) is 93.2 Å². The molecule has 0 aliphatic heterocycles. The van der Waals surface area contributed by atoms with Gasteiger partial charge >= 0.3 is 0 Å². The molecule has 1 atom stereocenters. The van der Waals surface area contributed by atoms with Gasteiger partial charge in [0, 0.05) is 20.3 Å². The van der Waals surface area contributed by atoms with Gasteiger partial charge in [-0.05, 0) is 6.92 Å². The van der Waals surface area contributed by atoms with Gasteiger partial charge < -0.3 is 16.0 Å². The molecule has 94 valence electrons. The smallest absolute Gasteiger partial charge is 0.244 e. The molecule has 0 aromatic carbocycles. The summed E-state index contributed by atoms with van der Waals surface area (Å²) in [6.07, 6.45) is 3.01. The lowest BCUT2D eigenvalue weighted by molar-refractivity contribution is -0.134. The van der Waals surface area contributed by atoms with Crippen molar-refractivity contribution in [2.24, 2.45) is 0 Å². The van der Waals surface area contributed by atoms with E-state index in [1.165, 1.54) is 15.8 Å². The summed E-state index contributed by atoms with van der Waals surface area (Å²) in [4.78, 5) is 24.5. The normalized spacial score (nSPS) is 11.9. The van der Waals surface area contributed by atoms with Crippen LogP contribution in [0.2, 0.25) is 0 Å². The van der Waals surface area contributed by atoms with Gasteiger partial charge in [-0.2, -0.15) is 5.10 Å². The number of carbonyl (C=O) groups is 2. The van der Waals surface area contributed by atoms with Gasteiger partial charge in [0.15, 0.2) is 0 Å². The van der Waals surface area contributed by atoms with Crippen molar-refractivity contribution < 1.29 is 9.59 Å². The average Bonchev–Trinajstić information content (AvgIpc) is 2.62. The predicted molar refractivity (Wildman–Crippen MR) is 62.9 cm³/mol. The zero-order chi connectivity index (χ0) is 13.0. The largest absolute Gasteiger partial charge is 0.396 e. The molecule has 1 aromatic rings. The van der Waals surface area contributed by atoms with Crippen LogP contribution in [0.25, 0.3) is 0 Å². The van der Waals surface area contributed by atoms with E-state index in [2.05, 4.69) is 10.4 Å². The van der Waals surface area contributed by atoms with Gasteiger partial charge in [-0.1, -0.05) is 0 Å². The maximum absolute atomic E-state index is 11.6. The SMILES string of the molecule is CC(NC(=O)Cn1cc(N)cn1)C(=O)N(C)C. The first kappa shape index (κ1) is 13.0. The van der Waals surface area contributed by atoms with Gasteiger partial charge in [0.05, 0.1) is 11.9 Å². The molecule has 0 bridgehead atoms. The Hall–Kier alpha value is -2.05. The summed E-state index contributed by atoms with van der Waals surface area (Å²) in [6.45, 7) is 1.68. The van der Waals surface area contributed by atoms with Crippen LogP contribution in [0.3, 0.4) is 0 Å². The second-order valence-corrected chi connectivity index (χ2v) is 3.99.